The van der Waals surface area contributed by atoms with Crippen molar-refractivity contribution in [1.29, 1.82) is 0 Å². The molecule has 5 rings (SSSR count). The number of fused-ring (bicyclic) bond motifs is 4. The maximum absolute atomic E-state index is 15.0. The Kier molecular flexibility index (Phi) is 6.57. The standard InChI is InChI=1S/C25H21ClF4N4O3/c26-18-10-20(19(27)9-16(18)13-1-4-23(32-11-13)37-6-5-25(28,29)30)33-24(36)34-15-2-3-21(34)17-12-31-22(35)8-14(17)7-15/h1,4,8-12,15,21H,2-3,5-7H2,(H,31,35)(H,33,36)/t15-,21?/m0/s1. The van der Waals surface area contributed by atoms with Crippen molar-refractivity contribution in [3.05, 3.63) is 75.0 Å². The lowest BCUT2D eigenvalue weighted by Gasteiger charge is -2.36. The highest BCUT2D eigenvalue weighted by atomic mass is 35.5. The average molecular weight is 537 g/mol. The largest absolute Gasteiger partial charge is 0.477 e. The molecule has 0 aliphatic carbocycles. The number of carbonyl (C=O) groups excluding carboxylic acids is 1. The van der Waals surface area contributed by atoms with Crippen LogP contribution in [0.5, 0.6) is 5.88 Å². The van der Waals surface area contributed by atoms with Gasteiger partial charge in [-0.1, -0.05) is 11.6 Å². The summed E-state index contributed by atoms with van der Waals surface area (Å²) in [4.78, 5) is 33.1. The van der Waals surface area contributed by atoms with E-state index in [1.54, 1.807) is 17.2 Å². The minimum atomic E-state index is -4.33. The number of benzene rings is 1. The summed E-state index contributed by atoms with van der Waals surface area (Å²) in [5, 5.41) is 2.76. The fraction of sp³-hybridized carbons (Fsp3) is 0.320. The van der Waals surface area contributed by atoms with Gasteiger partial charge in [-0.15, -0.1) is 0 Å². The van der Waals surface area contributed by atoms with E-state index in [0.29, 0.717) is 17.5 Å². The molecule has 37 heavy (non-hydrogen) atoms. The zero-order chi connectivity index (χ0) is 26.3. The number of aromatic nitrogens is 2. The molecule has 1 unspecified atom stereocenters. The summed E-state index contributed by atoms with van der Waals surface area (Å²) in [6.07, 6.45) is -0.430. The second kappa shape index (κ2) is 9.70. The number of pyridine rings is 2. The predicted molar refractivity (Wildman–Crippen MR) is 128 cm³/mol. The quantitative estimate of drug-likeness (QED) is 0.400. The van der Waals surface area contributed by atoms with Crippen molar-refractivity contribution >= 4 is 23.3 Å². The summed E-state index contributed by atoms with van der Waals surface area (Å²) < 4.78 is 56.8. The van der Waals surface area contributed by atoms with E-state index in [0.717, 1.165) is 30.0 Å². The van der Waals surface area contributed by atoms with Crippen molar-refractivity contribution in [3.8, 4) is 17.0 Å². The minimum absolute atomic E-state index is 0.00436. The number of aromatic amines is 1. The van der Waals surface area contributed by atoms with Crippen LogP contribution in [0.15, 0.2) is 47.5 Å². The summed E-state index contributed by atoms with van der Waals surface area (Å²) in [7, 11) is 0. The van der Waals surface area contributed by atoms with Gasteiger partial charge in [0.05, 0.1) is 29.8 Å². The summed E-state index contributed by atoms with van der Waals surface area (Å²) in [5.74, 6) is -0.720. The highest BCUT2D eigenvalue weighted by Gasteiger charge is 2.43. The maximum Gasteiger partial charge on any atom is 0.392 e. The predicted octanol–water partition coefficient (Wildman–Crippen LogP) is 5.85. The maximum atomic E-state index is 15.0. The van der Waals surface area contributed by atoms with Crippen LogP contribution in [0.25, 0.3) is 11.1 Å². The van der Waals surface area contributed by atoms with Crippen LogP contribution in [0.3, 0.4) is 0 Å². The molecule has 12 heteroatoms. The van der Waals surface area contributed by atoms with Crippen LogP contribution in [0.1, 0.15) is 36.4 Å². The van der Waals surface area contributed by atoms with Gasteiger partial charge in [0.2, 0.25) is 11.4 Å². The monoisotopic (exact) mass is 536 g/mol. The van der Waals surface area contributed by atoms with Gasteiger partial charge in [0.25, 0.3) is 0 Å². The van der Waals surface area contributed by atoms with E-state index >= 15 is 4.39 Å². The number of nitrogens with one attached hydrogen (secondary N) is 2. The number of halogens is 5. The number of hydrogen-bond donors (Lipinski definition) is 2. The smallest absolute Gasteiger partial charge is 0.392 e. The van der Waals surface area contributed by atoms with Crippen molar-refractivity contribution in [1.82, 2.24) is 14.9 Å². The third-order valence-corrected chi connectivity index (χ3v) is 6.89. The number of rotatable bonds is 5. The number of ether oxygens (including phenoxy) is 1. The zero-order valence-corrected chi connectivity index (χ0v) is 20.0. The van der Waals surface area contributed by atoms with Gasteiger partial charge in [-0.2, -0.15) is 13.2 Å². The summed E-state index contributed by atoms with van der Waals surface area (Å²) in [6, 6.07) is 6.11. The molecule has 2 atom stereocenters. The molecule has 1 fully saturated rings. The number of amides is 2. The number of urea groups is 1. The summed E-state index contributed by atoms with van der Waals surface area (Å²) >= 11 is 6.38. The number of hydrogen-bond acceptors (Lipinski definition) is 4. The first-order chi connectivity index (χ1) is 17.6. The third-order valence-electron chi connectivity index (χ3n) is 6.58. The highest BCUT2D eigenvalue weighted by Crippen LogP contribution is 2.43. The van der Waals surface area contributed by atoms with Crippen molar-refractivity contribution in [2.75, 3.05) is 11.9 Å². The number of carbonyl (C=O) groups is 1. The summed E-state index contributed by atoms with van der Waals surface area (Å²) in [6.45, 7) is -0.568. The van der Waals surface area contributed by atoms with E-state index in [-0.39, 0.29) is 34.2 Å². The Morgan fingerprint density at radius 2 is 2.05 bits per heavy atom. The number of alkyl halides is 3. The van der Waals surface area contributed by atoms with Crippen LogP contribution in [0.4, 0.5) is 28.0 Å². The first-order valence-electron chi connectivity index (χ1n) is 11.5. The average Bonchev–Trinajstić information content (AvgIpc) is 3.15. The van der Waals surface area contributed by atoms with Gasteiger partial charge in [0.1, 0.15) is 5.82 Å². The van der Waals surface area contributed by atoms with Gasteiger partial charge >= 0.3 is 12.2 Å². The Hall–Kier alpha value is -3.60. The molecule has 4 heterocycles. The lowest BCUT2D eigenvalue weighted by atomic mass is 9.95. The van der Waals surface area contributed by atoms with Crippen LogP contribution in [-0.2, 0) is 6.42 Å². The normalized spacial score (nSPS) is 18.5. The fourth-order valence-corrected chi connectivity index (χ4v) is 5.17. The number of H-pyrrole nitrogens is 1. The van der Waals surface area contributed by atoms with Gasteiger partial charge < -0.3 is 19.9 Å². The minimum Gasteiger partial charge on any atom is -0.477 e. The molecule has 2 N–H and O–H groups in total. The first kappa shape index (κ1) is 25.1. The Bertz CT molecular complexity index is 1390. The van der Waals surface area contributed by atoms with E-state index in [4.69, 9.17) is 16.3 Å². The van der Waals surface area contributed by atoms with Crippen LogP contribution < -0.4 is 15.6 Å². The Morgan fingerprint density at radius 3 is 2.78 bits per heavy atom. The molecule has 1 saturated heterocycles. The SMILES string of the molecule is O=C(Nc1cc(Cl)c(-c2ccc(OCCC(F)(F)F)nc2)cc1F)N1C2CC[C@H]1Cc1cc(=O)[nH]cc12. The first-order valence-corrected chi connectivity index (χ1v) is 11.9. The molecule has 0 radical (unpaired) electrons. The molecule has 194 valence electrons. The van der Waals surface area contributed by atoms with E-state index in [9.17, 15) is 22.8 Å². The highest BCUT2D eigenvalue weighted by molar-refractivity contribution is 6.33. The van der Waals surface area contributed by atoms with E-state index in [1.165, 1.54) is 24.4 Å². The molecule has 1 aromatic carbocycles. The molecule has 2 bridgehead atoms. The molecule has 0 saturated carbocycles. The molecule has 2 aliphatic rings. The van der Waals surface area contributed by atoms with Crippen molar-refractivity contribution < 1.29 is 27.1 Å². The van der Waals surface area contributed by atoms with Crippen molar-refractivity contribution in [2.24, 2.45) is 0 Å². The molecule has 0 spiro atoms. The summed E-state index contributed by atoms with van der Waals surface area (Å²) in [5.41, 5.74) is 2.24. The van der Waals surface area contributed by atoms with Gasteiger partial charge in [-0.3, -0.25) is 4.79 Å². The lowest BCUT2D eigenvalue weighted by Crippen LogP contribution is -2.44. The zero-order valence-electron chi connectivity index (χ0n) is 19.2. The van der Waals surface area contributed by atoms with Crippen LogP contribution in [-0.4, -0.2) is 39.7 Å². The number of anilines is 1. The molecular weight excluding hydrogens is 516 g/mol. The fourth-order valence-electron chi connectivity index (χ4n) is 4.90. The van der Waals surface area contributed by atoms with Crippen molar-refractivity contribution in [3.63, 3.8) is 0 Å². The van der Waals surface area contributed by atoms with Crippen LogP contribution in [0, 0.1) is 5.82 Å². The van der Waals surface area contributed by atoms with Gasteiger partial charge in [0, 0.05) is 41.7 Å². The molecule has 2 aliphatic heterocycles. The topological polar surface area (TPSA) is 87.3 Å². The molecule has 2 amide bonds. The Balaban J connectivity index is 1.29. The Morgan fingerprint density at radius 1 is 1.24 bits per heavy atom. The van der Waals surface area contributed by atoms with E-state index in [1.807, 2.05) is 0 Å². The van der Waals surface area contributed by atoms with Crippen LogP contribution in [0.2, 0.25) is 5.02 Å². The second-order valence-corrected chi connectivity index (χ2v) is 9.38. The van der Waals surface area contributed by atoms with Crippen molar-refractivity contribution in [2.45, 2.75) is 43.9 Å². The molecule has 3 aromatic rings. The van der Waals surface area contributed by atoms with Gasteiger partial charge in [-0.05, 0) is 48.6 Å². The molecule has 7 nitrogen and oxygen atoms in total. The van der Waals surface area contributed by atoms with Crippen LogP contribution >= 0.6 is 11.6 Å². The lowest BCUT2D eigenvalue weighted by molar-refractivity contribution is -0.139. The van der Waals surface area contributed by atoms with Gasteiger partial charge in [0.15, 0.2) is 0 Å². The third kappa shape index (κ3) is 5.27. The van der Waals surface area contributed by atoms with E-state index in [2.05, 4.69) is 15.3 Å². The second-order valence-electron chi connectivity index (χ2n) is 8.98. The number of nitrogens with zero attached hydrogens (tertiary/aromatic N) is 2. The molecule has 2 aromatic heterocycles. The molecular formula is C25H21ClF4N4O3. The Labute approximate surface area is 213 Å². The van der Waals surface area contributed by atoms with E-state index < -0.39 is 31.1 Å². The van der Waals surface area contributed by atoms with Gasteiger partial charge in [-0.25, -0.2) is 14.2 Å².